The van der Waals surface area contributed by atoms with E-state index in [9.17, 15) is 4.79 Å². The zero-order valence-electron chi connectivity index (χ0n) is 14.7. The van der Waals surface area contributed by atoms with Crippen LogP contribution in [0.4, 0.5) is 0 Å². The summed E-state index contributed by atoms with van der Waals surface area (Å²) in [4.78, 5) is 20.8. The van der Waals surface area contributed by atoms with Crippen LogP contribution in [0, 0.1) is 6.92 Å². The van der Waals surface area contributed by atoms with Gasteiger partial charge in [-0.15, -0.1) is 0 Å². The highest BCUT2D eigenvalue weighted by molar-refractivity contribution is 5.78. The van der Waals surface area contributed by atoms with Gasteiger partial charge in [0.15, 0.2) is 0 Å². The zero-order valence-corrected chi connectivity index (χ0v) is 14.7. The van der Waals surface area contributed by atoms with Gasteiger partial charge in [0, 0.05) is 32.3 Å². The quantitative estimate of drug-likeness (QED) is 0.794. The molecule has 1 amide bonds. The van der Waals surface area contributed by atoms with E-state index < -0.39 is 0 Å². The minimum absolute atomic E-state index is 0.0946. The van der Waals surface area contributed by atoms with Crippen molar-refractivity contribution in [1.29, 1.82) is 0 Å². The molecular weight excluding hydrogens is 308 g/mol. The molecule has 7 nitrogen and oxygen atoms in total. The Labute approximate surface area is 143 Å². The molecule has 2 aliphatic rings. The molecule has 0 bridgehead atoms. The Morgan fingerprint density at radius 2 is 2.38 bits per heavy atom. The second kappa shape index (κ2) is 8.09. The van der Waals surface area contributed by atoms with Crippen LogP contribution in [-0.2, 0) is 16.1 Å². The maximum absolute atomic E-state index is 12.1. The van der Waals surface area contributed by atoms with Crippen molar-refractivity contribution < 1.29 is 13.9 Å². The highest BCUT2D eigenvalue weighted by Crippen LogP contribution is 2.16. The van der Waals surface area contributed by atoms with Crippen LogP contribution in [0.25, 0.3) is 0 Å². The lowest BCUT2D eigenvalue weighted by atomic mass is 10.2. The molecule has 1 N–H and O–H groups in total. The lowest BCUT2D eigenvalue weighted by molar-refractivity contribution is -0.122. The van der Waals surface area contributed by atoms with Crippen LogP contribution in [0.15, 0.2) is 10.6 Å². The van der Waals surface area contributed by atoms with Gasteiger partial charge >= 0.3 is 0 Å². The second-order valence-electron chi connectivity index (χ2n) is 6.90. The maximum Gasteiger partial charge on any atom is 0.234 e. The number of aryl methyl sites for hydroxylation is 1. The molecule has 134 valence electrons. The Hall–Kier alpha value is -1.44. The number of aromatic nitrogens is 1. The Morgan fingerprint density at radius 1 is 1.50 bits per heavy atom. The molecule has 24 heavy (non-hydrogen) atoms. The highest BCUT2D eigenvalue weighted by atomic mass is 16.5. The first kappa shape index (κ1) is 17.4. The molecule has 7 heteroatoms. The number of carbonyl (C=O) groups is 1. The van der Waals surface area contributed by atoms with Crippen LogP contribution < -0.4 is 5.32 Å². The molecule has 1 aromatic heterocycles. The first-order chi connectivity index (χ1) is 11.6. The van der Waals surface area contributed by atoms with E-state index in [0.717, 1.165) is 50.6 Å². The maximum atomic E-state index is 12.1. The van der Waals surface area contributed by atoms with Crippen LogP contribution in [-0.4, -0.2) is 72.7 Å². The number of carbonyl (C=O) groups excluding carboxylic acids is 1. The largest absolute Gasteiger partial charge is 0.445 e. The topological polar surface area (TPSA) is 70.8 Å². The molecule has 2 aliphatic heterocycles. The fourth-order valence-electron chi connectivity index (χ4n) is 3.42. The van der Waals surface area contributed by atoms with Crippen LogP contribution in [0.1, 0.15) is 30.9 Å². The van der Waals surface area contributed by atoms with Gasteiger partial charge in [-0.1, -0.05) is 0 Å². The Bertz CT molecular complexity index is 542. The van der Waals surface area contributed by atoms with Crippen LogP contribution in [0.3, 0.4) is 0 Å². The molecule has 2 saturated heterocycles. The lowest BCUT2D eigenvalue weighted by Gasteiger charge is -2.23. The summed E-state index contributed by atoms with van der Waals surface area (Å²) in [5, 5.41) is 2.99. The average molecular weight is 336 g/mol. The van der Waals surface area contributed by atoms with Gasteiger partial charge in [-0.3, -0.25) is 14.6 Å². The normalized spacial score (nSPS) is 24.8. The third-order valence-corrected chi connectivity index (χ3v) is 4.84. The minimum Gasteiger partial charge on any atom is -0.445 e. The molecule has 0 aliphatic carbocycles. The summed E-state index contributed by atoms with van der Waals surface area (Å²) in [6.45, 7) is 6.40. The lowest BCUT2D eigenvalue weighted by Crippen LogP contribution is -2.41. The summed E-state index contributed by atoms with van der Waals surface area (Å²) >= 11 is 0. The molecule has 3 rings (SSSR count). The number of hydrogen-bond acceptors (Lipinski definition) is 6. The Morgan fingerprint density at radius 3 is 3.08 bits per heavy atom. The van der Waals surface area contributed by atoms with Crippen molar-refractivity contribution in [2.24, 2.45) is 0 Å². The van der Waals surface area contributed by atoms with Crippen molar-refractivity contribution in [3.05, 3.63) is 17.8 Å². The number of oxazole rings is 1. The average Bonchev–Trinajstić information content (AvgIpc) is 3.27. The SMILES string of the molecule is Cc1cnc(CN(C)[C@@H]2CCN(CC(=O)NC[C@H]3CCCO3)C2)o1. The summed E-state index contributed by atoms with van der Waals surface area (Å²) < 4.78 is 11.1. The van der Waals surface area contributed by atoms with Gasteiger partial charge in [0.25, 0.3) is 0 Å². The Kier molecular flexibility index (Phi) is 5.86. The first-order valence-electron chi connectivity index (χ1n) is 8.82. The molecular formula is C17H28N4O3. The van der Waals surface area contributed by atoms with Crippen molar-refractivity contribution >= 4 is 5.91 Å². The van der Waals surface area contributed by atoms with Crippen molar-refractivity contribution in [3.8, 4) is 0 Å². The molecule has 0 spiro atoms. The van der Waals surface area contributed by atoms with E-state index in [1.165, 1.54) is 0 Å². The van der Waals surface area contributed by atoms with Crippen molar-refractivity contribution in [3.63, 3.8) is 0 Å². The van der Waals surface area contributed by atoms with Gasteiger partial charge in [0.1, 0.15) is 5.76 Å². The molecule has 0 saturated carbocycles. The van der Waals surface area contributed by atoms with Crippen LogP contribution in [0.2, 0.25) is 0 Å². The van der Waals surface area contributed by atoms with E-state index >= 15 is 0 Å². The summed E-state index contributed by atoms with van der Waals surface area (Å²) in [7, 11) is 2.09. The number of nitrogens with one attached hydrogen (secondary N) is 1. The predicted octanol–water partition coefficient (Wildman–Crippen LogP) is 0.784. The van der Waals surface area contributed by atoms with E-state index in [1.807, 2.05) is 6.92 Å². The summed E-state index contributed by atoms with van der Waals surface area (Å²) in [5.41, 5.74) is 0. The number of nitrogens with zero attached hydrogens (tertiary/aromatic N) is 3. The van der Waals surface area contributed by atoms with Crippen LogP contribution in [0.5, 0.6) is 0 Å². The summed E-state index contributed by atoms with van der Waals surface area (Å²) in [6, 6.07) is 0.433. The molecule has 0 radical (unpaired) electrons. The number of hydrogen-bond donors (Lipinski definition) is 1. The third-order valence-electron chi connectivity index (χ3n) is 4.84. The smallest absolute Gasteiger partial charge is 0.234 e. The zero-order chi connectivity index (χ0) is 16.9. The fraction of sp³-hybridized carbons (Fsp3) is 0.765. The highest BCUT2D eigenvalue weighted by Gasteiger charge is 2.27. The number of ether oxygens (including phenoxy) is 1. The number of likely N-dealkylation sites (N-methyl/N-ethyl adjacent to an activating group) is 1. The van der Waals surface area contributed by atoms with Crippen molar-refractivity contribution in [2.45, 2.75) is 44.9 Å². The van der Waals surface area contributed by atoms with Gasteiger partial charge < -0.3 is 14.5 Å². The van der Waals surface area contributed by atoms with Gasteiger partial charge in [0.2, 0.25) is 11.8 Å². The van der Waals surface area contributed by atoms with E-state index in [-0.39, 0.29) is 12.0 Å². The third kappa shape index (κ3) is 4.78. The van der Waals surface area contributed by atoms with Gasteiger partial charge in [0.05, 0.1) is 25.4 Å². The molecule has 2 atom stereocenters. The van der Waals surface area contributed by atoms with Crippen LogP contribution >= 0.6 is 0 Å². The molecule has 1 aromatic rings. The van der Waals surface area contributed by atoms with Gasteiger partial charge in [-0.25, -0.2) is 4.98 Å². The molecule has 3 heterocycles. The van der Waals surface area contributed by atoms with Crippen molar-refractivity contribution in [1.82, 2.24) is 20.1 Å². The molecule has 0 unspecified atom stereocenters. The van der Waals surface area contributed by atoms with E-state index in [0.29, 0.717) is 25.7 Å². The molecule has 2 fully saturated rings. The standard InChI is InChI=1S/C17H28N4O3/c1-13-8-19-17(24-13)12-20(2)14-5-6-21(10-14)11-16(22)18-9-15-4-3-7-23-15/h8,14-15H,3-7,9-12H2,1-2H3,(H,18,22)/t14-,15-/m1/s1. The number of likely N-dealkylation sites (tertiary alicyclic amines) is 1. The van der Waals surface area contributed by atoms with Gasteiger partial charge in [-0.2, -0.15) is 0 Å². The second-order valence-corrected chi connectivity index (χ2v) is 6.90. The first-order valence-corrected chi connectivity index (χ1v) is 8.82. The predicted molar refractivity (Wildman–Crippen MR) is 89.5 cm³/mol. The Balaban J connectivity index is 1.37. The summed E-state index contributed by atoms with van der Waals surface area (Å²) in [5.74, 6) is 1.69. The number of rotatable bonds is 7. The minimum atomic E-state index is 0.0946. The summed E-state index contributed by atoms with van der Waals surface area (Å²) in [6.07, 6.45) is 5.18. The number of amides is 1. The monoisotopic (exact) mass is 336 g/mol. The van der Waals surface area contributed by atoms with E-state index in [2.05, 4.69) is 27.1 Å². The van der Waals surface area contributed by atoms with Crippen molar-refractivity contribution in [2.75, 3.05) is 39.8 Å². The van der Waals surface area contributed by atoms with E-state index in [1.54, 1.807) is 6.20 Å². The van der Waals surface area contributed by atoms with Gasteiger partial charge in [-0.05, 0) is 33.2 Å². The molecule has 0 aromatic carbocycles. The fourth-order valence-corrected chi connectivity index (χ4v) is 3.42. The van der Waals surface area contributed by atoms with E-state index in [4.69, 9.17) is 9.15 Å².